The van der Waals surface area contributed by atoms with Gasteiger partial charge in [-0.1, -0.05) is 31.2 Å². The Morgan fingerprint density at radius 3 is 2.39 bits per heavy atom. The molecule has 1 amide bonds. The van der Waals surface area contributed by atoms with Crippen LogP contribution in [0.5, 0.6) is 11.5 Å². The molecule has 0 radical (unpaired) electrons. The maximum Gasteiger partial charge on any atom is 0.244 e. The predicted octanol–water partition coefficient (Wildman–Crippen LogP) is 3.17. The zero-order valence-electron chi connectivity index (χ0n) is 18.8. The van der Waals surface area contributed by atoms with Crippen molar-refractivity contribution in [2.45, 2.75) is 20.0 Å². The Morgan fingerprint density at radius 1 is 1.00 bits per heavy atom. The predicted molar refractivity (Wildman–Crippen MR) is 124 cm³/mol. The van der Waals surface area contributed by atoms with Crippen LogP contribution in [0.15, 0.2) is 48.5 Å². The van der Waals surface area contributed by atoms with Crippen LogP contribution in [-0.4, -0.2) is 62.7 Å². The third-order valence-corrected chi connectivity index (χ3v) is 5.73. The van der Waals surface area contributed by atoms with Crippen LogP contribution in [0.2, 0.25) is 0 Å². The first-order valence-electron chi connectivity index (χ1n) is 10.8. The summed E-state index contributed by atoms with van der Waals surface area (Å²) in [5, 5.41) is 3.00. The number of nitrogens with one attached hydrogen (secondary N) is 1. The summed E-state index contributed by atoms with van der Waals surface area (Å²) in [5.74, 6) is 1.27. The van der Waals surface area contributed by atoms with E-state index in [4.69, 9.17) is 9.47 Å². The maximum atomic E-state index is 12.4. The van der Waals surface area contributed by atoms with Crippen molar-refractivity contribution in [2.75, 3.05) is 46.9 Å². The Morgan fingerprint density at radius 2 is 1.71 bits per heavy atom. The molecule has 166 valence electrons. The Kier molecular flexibility index (Phi) is 8.50. The lowest BCUT2D eigenvalue weighted by atomic mass is 10.1. The number of rotatable bonds is 9. The average molecular weight is 424 g/mol. The molecule has 2 aromatic carbocycles. The fraction of sp³-hybridized carbons (Fsp3) is 0.400. The first-order valence-corrected chi connectivity index (χ1v) is 10.8. The van der Waals surface area contributed by atoms with Crippen LogP contribution in [0.4, 0.5) is 0 Å². The molecule has 1 aliphatic heterocycles. The van der Waals surface area contributed by atoms with Crippen molar-refractivity contribution in [1.29, 1.82) is 0 Å². The molecule has 6 nitrogen and oxygen atoms in total. The van der Waals surface area contributed by atoms with E-state index in [0.717, 1.165) is 56.1 Å². The van der Waals surface area contributed by atoms with Crippen LogP contribution >= 0.6 is 0 Å². The summed E-state index contributed by atoms with van der Waals surface area (Å²) in [4.78, 5) is 17.4. The number of nitrogens with zero attached hydrogens (tertiary/aromatic N) is 2. The number of hydrogen-bond acceptors (Lipinski definition) is 5. The summed E-state index contributed by atoms with van der Waals surface area (Å²) in [5.41, 5.74) is 3.22. The van der Waals surface area contributed by atoms with Crippen LogP contribution in [0, 0.1) is 0 Å². The van der Waals surface area contributed by atoms with Crippen LogP contribution in [-0.2, 0) is 17.9 Å². The van der Waals surface area contributed by atoms with Gasteiger partial charge in [0.15, 0.2) is 0 Å². The van der Waals surface area contributed by atoms with Crippen LogP contribution in [0.25, 0.3) is 6.08 Å². The second kappa shape index (κ2) is 11.5. The Labute approximate surface area is 185 Å². The van der Waals surface area contributed by atoms with Crippen molar-refractivity contribution in [3.63, 3.8) is 0 Å². The first kappa shape index (κ1) is 22.8. The van der Waals surface area contributed by atoms with E-state index in [2.05, 4.69) is 40.2 Å². The summed E-state index contributed by atoms with van der Waals surface area (Å²) in [6.45, 7) is 9.16. The van der Waals surface area contributed by atoms with E-state index in [1.807, 2.05) is 24.3 Å². The molecule has 0 aromatic heterocycles. The normalized spacial score (nSPS) is 15.2. The van der Waals surface area contributed by atoms with Crippen molar-refractivity contribution in [3.8, 4) is 11.5 Å². The van der Waals surface area contributed by atoms with Crippen molar-refractivity contribution in [3.05, 3.63) is 65.2 Å². The third kappa shape index (κ3) is 6.57. The lowest BCUT2D eigenvalue weighted by Crippen LogP contribution is -2.45. The SMILES string of the molecule is CCN1CCN(Cc2ccccc2CNC(=O)/C=C/c2cc(OC)ccc2OC)CC1. The number of benzene rings is 2. The Hall–Kier alpha value is -2.83. The van der Waals surface area contributed by atoms with Crippen LogP contribution in [0.1, 0.15) is 23.6 Å². The molecule has 0 saturated carbocycles. The molecule has 6 heteroatoms. The molecule has 0 unspecified atom stereocenters. The van der Waals surface area contributed by atoms with Gasteiger partial charge in [0.05, 0.1) is 14.2 Å². The first-order chi connectivity index (χ1) is 15.1. The van der Waals surface area contributed by atoms with Crippen molar-refractivity contribution < 1.29 is 14.3 Å². The quantitative estimate of drug-likeness (QED) is 0.628. The van der Waals surface area contributed by atoms with Gasteiger partial charge in [-0.05, 0) is 41.9 Å². The van der Waals surface area contributed by atoms with Crippen molar-refractivity contribution in [2.24, 2.45) is 0 Å². The van der Waals surface area contributed by atoms with E-state index in [9.17, 15) is 4.79 Å². The van der Waals surface area contributed by atoms with Crippen LogP contribution < -0.4 is 14.8 Å². The monoisotopic (exact) mass is 423 g/mol. The zero-order chi connectivity index (χ0) is 22.1. The van der Waals surface area contributed by atoms with Gasteiger partial charge in [-0.25, -0.2) is 0 Å². The van der Waals surface area contributed by atoms with Gasteiger partial charge in [0.1, 0.15) is 11.5 Å². The molecule has 0 atom stereocenters. The standard InChI is InChI=1S/C25H33N3O3/c1-4-27-13-15-28(16-14-27)19-22-8-6-5-7-21(22)18-26-25(29)12-9-20-17-23(30-2)10-11-24(20)31-3/h5-12,17H,4,13-16,18-19H2,1-3H3,(H,26,29)/b12-9+. The van der Waals surface area contributed by atoms with E-state index in [1.54, 1.807) is 20.3 Å². The van der Waals surface area contributed by atoms with Crippen LogP contribution in [0.3, 0.4) is 0 Å². The van der Waals surface area contributed by atoms with Gasteiger partial charge in [-0.15, -0.1) is 0 Å². The second-order valence-corrected chi connectivity index (χ2v) is 7.64. The topological polar surface area (TPSA) is 54.0 Å². The van der Waals surface area contributed by atoms with E-state index >= 15 is 0 Å². The fourth-order valence-corrected chi connectivity index (χ4v) is 3.77. The van der Waals surface area contributed by atoms with E-state index in [-0.39, 0.29) is 5.91 Å². The minimum absolute atomic E-state index is 0.142. The zero-order valence-corrected chi connectivity index (χ0v) is 18.8. The minimum Gasteiger partial charge on any atom is -0.497 e. The lowest BCUT2D eigenvalue weighted by Gasteiger charge is -2.34. The van der Waals surface area contributed by atoms with Gasteiger partial charge in [0, 0.05) is 50.9 Å². The number of piperazine rings is 1. The highest BCUT2D eigenvalue weighted by Crippen LogP contribution is 2.25. The second-order valence-electron chi connectivity index (χ2n) is 7.64. The van der Waals surface area contributed by atoms with E-state index in [1.165, 1.54) is 11.6 Å². The van der Waals surface area contributed by atoms with Crippen molar-refractivity contribution in [1.82, 2.24) is 15.1 Å². The van der Waals surface area contributed by atoms with Crippen molar-refractivity contribution >= 4 is 12.0 Å². The maximum absolute atomic E-state index is 12.4. The number of ether oxygens (including phenoxy) is 2. The molecule has 31 heavy (non-hydrogen) atoms. The highest BCUT2D eigenvalue weighted by Gasteiger charge is 2.16. The van der Waals surface area contributed by atoms with Gasteiger partial charge >= 0.3 is 0 Å². The summed E-state index contributed by atoms with van der Waals surface area (Å²) in [6, 6.07) is 13.8. The molecule has 1 fully saturated rings. The smallest absolute Gasteiger partial charge is 0.244 e. The summed E-state index contributed by atoms with van der Waals surface area (Å²) >= 11 is 0. The number of carbonyl (C=O) groups is 1. The number of amides is 1. The fourth-order valence-electron chi connectivity index (χ4n) is 3.77. The number of methoxy groups -OCH3 is 2. The molecule has 0 spiro atoms. The molecule has 1 heterocycles. The molecule has 1 N–H and O–H groups in total. The number of hydrogen-bond donors (Lipinski definition) is 1. The Balaban J connectivity index is 1.58. The molecule has 3 rings (SSSR count). The summed E-state index contributed by atoms with van der Waals surface area (Å²) < 4.78 is 10.6. The third-order valence-electron chi connectivity index (χ3n) is 5.73. The Bertz CT molecular complexity index is 889. The van der Waals surface area contributed by atoms with E-state index < -0.39 is 0 Å². The molecule has 0 bridgehead atoms. The van der Waals surface area contributed by atoms with Gasteiger partial charge in [0.25, 0.3) is 0 Å². The highest BCUT2D eigenvalue weighted by molar-refractivity contribution is 5.92. The summed E-state index contributed by atoms with van der Waals surface area (Å²) in [7, 11) is 3.22. The molecular weight excluding hydrogens is 390 g/mol. The van der Waals surface area contributed by atoms with Gasteiger partial charge in [-0.2, -0.15) is 0 Å². The van der Waals surface area contributed by atoms with Gasteiger partial charge in [0.2, 0.25) is 5.91 Å². The average Bonchev–Trinajstić information content (AvgIpc) is 2.82. The molecular formula is C25H33N3O3. The summed E-state index contributed by atoms with van der Waals surface area (Å²) in [6.07, 6.45) is 3.28. The number of carbonyl (C=O) groups excluding carboxylic acids is 1. The van der Waals surface area contributed by atoms with Gasteiger partial charge < -0.3 is 19.7 Å². The molecule has 1 saturated heterocycles. The molecule has 1 aliphatic rings. The van der Waals surface area contributed by atoms with Gasteiger partial charge in [-0.3, -0.25) is 9.69 Å². The lowest BCUT2D eigenvalue weighted by molar-refractivity contribution is -0.116. The number of likely N-dealkylation sites (N-methyl/N-ethyl adjacent to an activating group) is 1. The minimum atomic E-state index is -0.142. The highest BCUT2D eigenvalue weighted by atomic mass is 16.5. The molecule has 2 aromatic rings. The molecule has 0 aliphatic carbocycles. The van der Waals surface area contributed by atoms with E-state index in [0.29, 0.717) is 12.3 Å². The largest absolute Gasteiger partial charge is 0.497 e.